The van der Waals surface area contributed by atoms with E-state index in [4.69, 9.17) is 10.5 Å². The van der Waals surface area contributed by atoms with E-state index < -0.39 is 5.97 Å². The number of benzene rings is 2. The van der Waals surface area contributed by atoms with Crippen molar-refractivity contribution < 1.29 is 9.53 Å². The molecule has 0 bridgehead atoms. The van der Waals surface area contributed by atoms with Crippen molar-refractivity contribution in [2.45, 2.75) is 4.90 Å². The summed E-state index contributed by atoms with van der Waals surface area (Å²) >= 11 is 1.70. The molecule has 0 atom stereocenters. The standard InChI is InChI=1S/C20H17N3O2S/c1-25-20(24)19-18(22)15(11-21)12-23(19)16-7-3-13(4-8-16)14-5-9-17(26-2)10-6-14/h3-10,12H,22H2,1-2H3. The largest absolute Gasteiger partial charge is 0.464 e. The molecule has 26 heavy (non-hydrogen) atoms. The van der Waals surface area contributed by atoms with E-state index in [1.54, 1.807) is 22.5 Å². The van der Waals surface area contributed by atoms with Gasteiger partial charge in [0.15, 0.2) is 5.69 Å². The third-order valence-corrected chi connectivity index (χ3v) is 4.86. The van der Waals surface area contributed by atoms with Gasteiger partial charge >= 0.3 is 5.97 Å². The normalized spacial score (nSPS) is 10.3. The van der Waals surface area contributed by atoms with Crippen LogP contribution < -0.4 is 5.73 Å². The Balaban J connectivity index is 2.01. The summed E-state index contributed by atoms with van der Waals surface area (Å²) in [6.45, 7) is 0. The summed E-state index contributed by atoms with van der Waals surface area (Å²) in [5.74, 6) is -0.583. The highest BCUT2D eigenvalue weighted by atomic mass is 32.2. The van der Waals surface area contributed by atoms with Crippen LogP contribution >= 0.6 is 11.8 Å². The van der Waals surface area contributed by atoms with Gasteiger partial charge in [-0.1, -0.05) is 24.3 Å². The first-order valence-electron chi connectivity index (χ1n) is 7.83. The van der Waals surface area contributed by atoms with Crippen LogP contribution in [-0.4, -0.2) is 23.9 Å². The Morgan fingerprint density at radius 3 is 2.19 bits per heavy atom. The highest BCUT2D eigenvalue weighted by molar-refractivity contribution is 7.98. The summed E-state index contributed by atoms with van der Waals surface area (Å²) < 4.78 is 6.38. The second kappa shape index (κ2) is 7.38. The maximum atomic E-state index is 12.1. The van der Waals surface area contributed by atoms with Gasteiger partial charge < -0.3 is 15.0 Å². The molecule has 0 fully saturated rings. The number of carbonyl (C=O) groups is 1. The molecule has 0 saturated heterocycles. The molecule has 0 aliphatic heterocycles. The highest BCUT2D eigenvalue weighted by Crippen LogP contribution is 2.27. The zero-order chi connectivity index (χ0) is 18.7. The lowest BCUT2D eigenvalue weighted by Crippen LogP contribution is -2.11. The molecular formula is C20H17N3O2S. The lowest BCUT2D eigenvalue weighted by molar-refractivity contribution is 0.0593. The molecule has 0 unspecified atom stereocenters. The zero-order valence-corrected chi connectivity index (χ0v) is 15.2. The molecule has 3 aromatic rings. The molecule has 2 N–H and O–H groups in total. The fourth-order valence-corrected chi connectivity index (χ4v) is 3.12. The van der Waals surface area contributed by atoms with E-state index in [2.05, 4.69) is 24.3 Å². The Morgan fingerprint density at radius 1 is 1.12 bits per heavy atom. The van der Waals surface area contributed by atoms with Gasteiger partial charge in [-0.05, 0) is 41.6 Å². The number of hydrogen-bond donors (Lipinski definition) is 1. The van der Waals surface area contributed by atoms with Crippen molar-refractivity contribution in [3.63, 3.8) is 0 Å². The zero-order valence-electron chi connectivity index (χ0n) is 14.4. The topological polar surface area (TPSA) is 81.0 Å². The Kier molecular flexibility index (Phi) is 5.01. The van der Waals surface area contributed by atoms with Gasteiger partial charge in [-0.2, -0.15) is 5.26 Å². The smallest absolute Gasteiger partial charge is 0.357 e. The van der Waals surface area contributed by atoms with Crippen LogP contribution in [0, 0.1) is 11.3 Å². The van der Waals surface area contributed by atoms with Gasteiger partial charge in [-0.3, -0.25) is 0 Å². The fourth-order valence-electron chi connectivity index (χ4n) is 2.72. The van der Waals surface area contributed by atoms with E-state index in [1.807, 2.05) is 36.6 Å². The number of hydrogen-bond acceptors (Lipinski definition) is 5. The van der Waals surface area contributed by atoms with Gasteiger partial charge in [0.05, 0.1) is 18.4 Å². The second-order valence-electron chi connectivity index (χ2n) is 5.55. The van der Waals surface area contributed by atoms with Crippen LogP contribution in [0.1, 0.15) is 16.1 Å². The Bertz CT molecular complexity index is 984. The minimum atomic E-state index is -0.583. The van der Waals surface area contributed by atoms with Crippen molar-refractivity contribution in [3.8, 4) is 22.9 Å². The molecule has 3 rings (SSSR count). The van der Waals surface area contributed by atoms with Gasteiger partial charge in [0.1, 0.15) is 6.07 Å². The number of nitrogens with zero attached hydrogens (tertiary/aromatic N) is 2. The van der Waals surface area contributed by atoms with Crippen LogP contribution in [0.5, 0.6) is 0 Å². The molecule has 0 saturated carbocycles. The number of methoxy groups -OCH3 is 1. The summed E-state index contributed by atoms with van der Waals surface area (Å²) in [6, 6.07) is 18.0. The summed E-state index contributed by atoms with van der Waals surface area (Å²) in [5, 5.41) is 9.20. The molecular weight excluding hydrogens is 346 g/mol. The van der Waals surface area contributed by atoms with Crippen molar-refractivity contribution >= 4 is 23.4 Å². The molecule has 130 valence electrons. The molecule has 1 aromatic heterocycles. The number of esters is 1. The van der Waals surface area contributed by atoms with Crippen molar-refractivity contribution in [2.24, 2.45) is 0 Å². The predicted octanol–water partition coefficient (Wildman–Crippen LogP) is 4.11. The molecule has 0 aliphatic rings. The number of rotatable bonds is 4. The number of thioether (sulfide) groups is 1. The van der Waals surface area contributed by atoms with Crippen LogP contribution in [0.4, 0.5) is 5.69 Å². The number of anilines is 1. The third-order valence-electron chi connectivity index (χ3n) is 4.11. The first-order chi connectivity index (χ1) is 12.6. The van der Waals surface area contributed by atoms with Gasteiger partial charge in [-0.25, -0.2) is 4.79 Å². The number of nitrogen functional groups attached to an aromatic ring is 1. The minimum absolute atomic E-state index is 0.121. The first kappa shape index (κ1) is 17.6. The van der Waals surface area contributed by atoms with E-state index >= 15 is 0 Å². The maximum absolute atomic E-state index is 12.1. The quantitative estimate of drug-likeness (QED) is 0.557. The fraction of sp³-hybridized carbons (Fsp3) is 0.100. The van der Waals surface area contributed by atoms with Crippen LogP contribution in [0.15, 0.2) is 59.6 Å². The predicted molar refractivity (Wildman–Crippen MR) is 103 cm³/mol. The van der Waals surface area contributed by atoms with Gasteiger partial charge in [0.25, 0.3) is 0 Å². The van der Waals surface area contributed by atoms with E-state index in [-0.39, 0.29) is 16.9 Å². The van der Waals surface area contributed by atoms with Crippen LogP contribution in [-0.2, 0) is 4.74 Å². The van der Waals surface area contributed by atoms with Crippen LogP contribution in [0.3, 0.4) is 0 Å². The van der Waals surface area contributed by atoms with Gasteiger partial charge in [-0.15, -0.1) is 11.8 Å². The Morgan fingerprint density at radius 2 is 1.69 bits per heavy atom. The lowest BCUT2D eigenvalue weighted by atomic mass is 10.1. The van der Waals surface area contributed by atoms with Crippen molar-refractivity contribution in [1.29, 1.82) is 5.26 Å². The van der Waals surface area contributed by atoms with E-state index in [9.17, 15) is 10.1 Å². The van der Waals surface area contributed by atoms with Crippen molar-refractivity contribution in [1.82, 2.24) is 4.57 Å². The van der Waals surface area contributed by atoms with Crippen molar-refractivity contribution in [2.75, 3.05) is 19.1 Å². The molecule has 0 aliphatic carbocycles. The summed E-state index contributed by atoms with van der Waals surface area (Å²) in [6.07, 6.45) is 3.59. The SMILES string of the molecule is COC(=O)c1c(N)c(C#N)cn1-c1ccc(-c2ccc(SC)cc2)cc1. The molecule has 2 aromatic carbocycles. The van der Waals surface area contributed by atoms with E-state index in [1.165, 1.54) is 12.0 Å². The molecule has 1 heterocycles. The second-order valence-corrected chi connectivity index (χ2v) is 6.43. The van der Waals surface area contributed by atoms with E-state index in [0.29, 0.717) is 0 Å². The monoisotopic (exact) mass is 363 g/mol. The third kappa shape index (κ3) is 3.17. The number of nitrogens with two attached hydrogens (primary N) is 1. The van der Waals surface area contributed by atoms with Gasteiger partial charge in [0, 0.05) is 16.8 Å². The maximum Gasteiger partial charge on any atom is 0.357 e. The number of ether oxygens (including phenoxy) is 1. The Hall–Kier alpha value is -3.17. The van der Waals surface area contributed by atoms with Crippen LogP contribution in [0.2, 0.25) is 0 Å². The average Bonchev–Trinajstić information content (AvgIpc) is 3.04. The van der Waals surface area contributed by atoms with Gasteiger partial charge in [0.2, 0.25) is 0 Å². The molecule has 5 nitrogen and oxygen atoms in total. The first-order valence-corrected chi connectivity index (χ1v) is 9.05. The highest BCUT2D eigenvalue weighted by Gasteiger charge is 2.21. The summed E-state index contributed by atoms with van der Waals surface area (Å²) in [5.41, 5.74) is 9.33. The summed E-state index contributed by atoms with van der Waals surface area (Å²) in [7, 11) is 1.28. The molecule has 0 radical (unpaired) electrons. The lowest BCUT2D eigenvalue weighted by Gasteiger charge is -2.10. The molecule has 6 heteroatoms. The Labute approximate surface area is 156 Å². The molecule has 0 spiro atoms. The number of aromatic nitrogens is 1. The molecule has 0 amide bonds. The number of nitriles is 1. The average molecular weight is 363 g/mol. The van der Waals surface area contributed by atoms with E-state index in [0.717, 1.165) is 16.8 Å². The van der Waals surface area contributed by atoms with Crippen LogP contribution in [0.25, 0.3) is 16.8 Å². The van der Waals surface area contributed by atoms with Crippen molar-refractivity contribution in [3.05, 3.63) is 66.0 Å². The summed E-state index contributed by atoms with van der Waals surface area (Å²) in [4.78, 5) is 13.3. The number of carbonyl (C=O) groups excluding carboxylic acids is 1. The minimum Gasteiger partial charge on any atom is -0.464 e.